The topological polar surface area (TPSA) is 63.4 Å². The predicted octanol–water partition coefficient (Wildman–Crippen LogP) is 2.93. The van der Waals surface area contributed by atoms with Gasteiger partial charge in [0.25, 0.3) is 10.0 Å². The molecule has 2 aromatic carbocycles. The van der Waals surface area contributed by atoms with Crippen molar-refractivity contribution in [3.05, 3.63) is 53.8 Å². The SMILES string of the molecule is CCN(c1ccccc1C)S(=O)(=O)c1ccc(N)cc1F. The first-order valence-corrected chi connectivity index (χ1v) is 7.95. The normalized spacial score (nSPS) is 11.4. The number of hydrogen-bond acceptors (Lipinski definition) is 3. The predicted molar refractivity (Wildman–Crippen MR) is 82.2 cm³/mol. The summed E-state index contributed by atoms with van der Waals surface area (Å²) in [6.07, 6.45) is 0. The van der Waals surface area contributed by atoms with Gasteiger partial charge in [0.15, 0.2) is 0 Å². The Morgan fingerprint density at radius 1 is 1.19 bits per heavy atom. The van der Waals surface area contributed by atoms with Crippen LogP contribution in [-0.4, -0.2) is 15.0 Å². The molecule has 0 heterocycles. The maximum atomic E-state index is 14.0. The Morgan fingerprint density at radius 2 is 1.86 bits per heavy atom. The molecule has 2 rings (SSSR count). The standard InChI is InChI=1S/C15H17FN2O2S/c1-3-18(14-7-5-4-6-11(14)2)21(19,20)15-9-8-12(17)10-13(15)16/h4-10H,3,17H2,1-2H3. The molecule has 0 unspecified atom stereocenters. The van der Waals surface area contributed by atoms with E-state index >= 15 is 0 Å². The second kappa shape index (κ2) is 5.73. The molecule has 0 aliphatic carbocycles. The molecule has 2 N–H and O–H groups in total. The van der Waals surface area contributed by atoms with Gasteiger partial charge in [-0.25, -0.2) is 12.8 Å². The second-order valence-corrected chi connectivity index (χ2v) is 6.48. The molecule has 0 saturated carbocycles. The molecule has 0 aliphatic rings. The van der Waals surface area contributed by atoms with Gasteiger partial charge < -0.3 is 5.73 Å². The first kappa shape index (κ1) is 15.3. The quantitative estimate of drug-likeness (QED) is 0.883. The van der Waals surface area contributed by atoms with E-state index in [-0.39, 0.29) is 17.1 Å². The van der Waals surface area contributed by atoms with E-state index < -0.39 is 15.8 Å². The zero-order valence-corrected chi connectivity index (χ0v) is 12.7. The summed E-state index contributed by atoms with van der Waals surface area (Å²) in [5, 5.41) is 0. The number of sulfonamides is 1. The fourth-order valence-corrected chi connectivity index (χ4v) is 3.74. The molecule has 2 aromatic rings. The highest BCUT2D eigenvalue weighted by atomic mass is 32.2. The van der Waals surface area contributed by atoms with E-state index in [0.29, 0.717) is 5.69 Å². The van der Waals surface area contributed by atoms with E-state index in [1.807, 2.05) is 19.1 Å². The lowest BCUT2D eigenvalue weighted by Gasteiger charge is -2.24. The van der Waals surface area contributed by atoms with Gasteiger partial charge in [0.05, 0.1) is 5.69 Å². The number of hydrogen-bond donors (Lipinski definition) is 1. The lowest BCUT2D eigenvalue weighted by atomic mass is 10.2. The molecule has 0 fully saturated rings. The van der Waals surface area contributed by atoms with Crippen LogP contribution in [0.2, 0.25) is 0 Å². The summed E-state index contributed by atoms with van der Waals surface area (Å²) in [4.78, 5) is -0.373. The maximum absolute atomic E-state index is 14.0. The van der Waals surface area contributed by atoms with Crippen LogP contribution in [0, 0.1) is 12.7 Å². The van der Waals surface area contributed by atoms with Crippen LogP contribution in [0.5, 0.6) is 0 Å². The highest BCUT2D eigenvalue weighted by Gasteiger charge is 2.27. The van der Waals surface area contributed by atoms with Crippen molar-refractivity contribution >= 4 is 21.4 Å². The molecule has 0 radical (unpaired) electrons. The number of nitrogens with two attached hydrogens (primary N) is 1. The number of nitrogen functional groups attached to an aromatic ring is 1. The lowest BCUT2D eigenvalue weighted by molar-refractivity contribution is 0.564. The summed E-state index contributed by atoms with van der Waals surface area (Å²) in [5.41, 5.74) is 6.99. The first-order valence-electron chi connectivity index (χ1n) is 6.51. The van der Waals surface area contributed by atoms with Crippen molar-refractivity contribution in [3.63, 3.8) is 0 Å². The first-order chi connectivity index (χ1) is 9.87. The molecule has 112 valence electrons. The van der Waals surface area contributed by atoms with E-state index in [1.54, 1.807) is 19.1 Å². The largest absolute Gasteiger partial charge is 0.399 e. The van der Waals surface area contributed by atoms with Gasteiger partial charge >= 0.3 is 0 Å². The Hall–Kier alpha value is -2.08. The Kier molecular flexibility index (Phi) is 4.18. The Morgan fingerprint density at radius 3 is 2.43 bits per heavy atom. The van der Waals surface area contributed by atoms with Crippen LogP contribution in [-0.2, 0) is 10.0 Å². The van der Waals surface area contributed by atoms with Crippen LogP contribution in [0.3, 0.4) is 0 Å². The van der Waals surface area contributed by atoms with Crippen LogP contribution in [0.1, 0.15) is 12.5 Å². The molecule has 0 aromatic heterocycles. The van der Waals surface area contributed by atoms with E-state index in [0.717, 1.165) is 11.6 Å². The van der Waals surface area contributed by atoms with Crippen LogP contribution >= 0.6 is 0 Å². The molecule has 0 bridgehead atoms. The number of rotatable bonds is 4. The highest BCUT2D eigenvalue weighted by molar-refractivity contribution is 7.92. The molecule has 4 nitrogen and oxygen atoms in total. The van der Waals surface area contributed by atoms with Gasteiger partial charge in [-0.2, -0.15) is 0 Å². The molecule has 0 spiro atoms. The van der Waals surface area contributed by atoms with Gasteiger partial charge in [0.2, 0.25) is 0 Å². The molecular formula is C15H17FN2O2S. The average Bonchev–Trinajstić information content (AvgIpc) is 2.41. The van der Waals surface area contributed by atoms with E-state index in [9.17, 15) is 12.8 Å². The third-order valence-corrected chi connectivity index (χ3v) is 5.12. The summed E-state index contributed by atoms with van der Waals surface area (Å²) < 4.78 is 40.6. The summed E-state index contributed by atoms with van der Waals surface area (Å²) in [6.45, 7) is 3.73. The Balaban J connectivity index is 2.58. The van der Waals surface area contributed by atoms with Crippen molar-refractivity contribution in [2.45, 2.75) is 18.7 Å². The van der Waals surface area contributed by atoms with Gasteiger partial charge in [-0.15, -0.1) is 0 Å². The van der Waals surface area contributed by atoms with Crippen molar-refractivity contribution in [1.82, 2.24) is 0 Å². The Bertz CT molecular complexity index is 760. The second-order valence-electron chi connectivity index (χ2n) is 4.65. The summed E-state index contributed by atoms with van der Waals surface area (Å²) >= 11 is 0. The van der Waals surface area contributed by atoms with Crippen molar-refractivity contribution in [2.24, 2.45) is 0 Å². The number of nitrogens with zero attached hydrogens (tertiary/aromatic N) is 1. The summed E-state index contributed by atoms with van der Waals surface area (Å²) in [6, 6.07) is 10.7. The molecule has 21 heavy (non-hydrogen) atoms. The number of aryl methyl sites for hydroxylation is 1. The number of halogens is 1. The number of benzene rings is 2. The fourth-order valence-electron chi connectivity index (χ4n) is 2.16. The van der Waals surface area contributed by atoms with Gasteiger partial charge in [0, 0.05) is 12.2 Å². The van der Waals surface area contributed by atoms with Crippen molar-refractivity contribution in [1.29, 1.82) is 0 Å². The number of para-hydroxylation sites is 1. The van der Waals surface area contributed by atoms with Gasteiger partial charge in [-0.3, -0.25) is 4.31 Å². The smallest absolute Gasteiger partial charge is 0.267 e. The third kappa shape index (κ3) is 2.85. The zero-order chi connectivity index (χ0) is 15.6. The molecule has 0 atom stereocenters. The maximum Gasteiger partial charge on any atom is 0.267 e. The molecule has 0 amide bonds. The molecule has 6 heteroatoms. The van der Waals surface area contributed by atoms with Crippen LogP contribution < -0.4 is 10.0 Å². The van der Waals surface area contributed by atoms with Crippen LogP contribution in [0.15, 0.2) is 47.4 Å². The average molecular weight is 308 g/mol. The summed E-state index contributed by atoms with van der Waals surface area (Å²) in [5.74, 6) is -0.845. The van der Waals surface area contributed by atoms with E-state index in [1.165, 1.54) is 16.4 Å². The third-order valence-electron chi connectivity index (χ3n) is 3.20. The van der Waals surface area contributed by atoms with Crippen molar-refractivity contribution in [2.75, 3.05) is 16.6 Å². The minimum absolute atomic E-state index is 0.186. The Labute approximate surface area is 124 Å². The van der Waals surface area contributed by atoms with E-state index in [4.69, 9.17) is 5.73 Å². The molecular weight excluding hydrogens is 291 g/mol. The van der Waals surface area contributed by atoms with Gasteiger partial charge in [-0.05, 0) is 43.7 Å². The highest BCUT2D eigenvalue weighted by Crippen LogP contribution is 2.28. The summed E-state index contributed by atoms with van der Waals surface area (Å²) in [7, 11) is -3.97. The minimum atomic E-state index is -3.97. The van der Waals surface area contributed by atoms with Crippen molar-refractivity contribution < 1.29 is 12.8 Å². The molecule has 0 aliphatic heterocycles. The van der Waals surface area contributed by atoms with Crippen LogP contribution in [0.4, 0.5) is 15.8 Å². The minimum Gasteiger partial charge on any atom is -0.399 e. The van der Waals surface area contributed by atoms with Gasteiger partial charge in [0.1, 0.15) is 10.7 Å². The van der Waals surface area contributed by atoms with Crippen molar-refractivity contribution in [3.8, 4) is 0 Å². The van der Waals surface area contributed by atoms with E-state index in [2.05, 4.69) is 0 Å². The fraction of sp³-hybridized carbons (Fsp3) is 0.200. The lowest BCUT2D eigenvalue weighted by Crippen LogP contribution is -2.32. The van der Waals surface area contributed by atoms with Crippen LogP contribution in [0.25, 0.3) is 0 Å². The molecule has 0 saturated heterocycles. The van der Waals surface area contributed by atoms with Gasteiger partial charge in [-0.1, -0.05) is 18.2 Å². The monoisotopic (exact) mass is 308 g/mol. The zero-order valence-electron chi connectivity index (χ0n) is 11.9. The number of anilines is 2.